The molecule has 4 rings (SSSR count). The standard InChI is InChI=1S/C15H18N4OS/c16-14-13(10-3-2-6-17-9-10)15(21-18-14)19-7-8-20-12-5-1-4-11(12)19/h2-3,6,9,11-12H,1,4-5,7-8H2,(H2,16,18). The van der Waals surface area contributed by atoms with Gasteiger partial charge in [-0.25, -0.2) is 0 Å². The van der Waals surface area contributed by atoms with E-state index in [1.165, 1.54) is 29.4 Å². The fraction of sp³-hybridized carbons (Fsp3) is 0.467. The summed E-state index contributed by atoms with van der Waals surface area (Å²) in [6, 6.07) is 4.45. The molecule has 2 aromatic heterocycles. The first kappa shape index (κ1) is 13.0. The van der Waals surface area contributed by atoms with Crippen LogP contribution in [0.25, 0.3) is 11.1 Å². The molecular formula is C15H18N4OS. The van der Waals surface area contributed by atoms with Crippen molar-refractivity contribution in [3.63, 3.8) is 0 Å². The van der Waals surface area contributed by atoms with Gasteiger partial charge in [0.05, 0.1) is 24.3 Å². The molecule has 1 saturated carbocycles. The molecule has 0 radical (unpaired) electrons. The number of hydrogen-bond acceptors (Lipinski definition) is 6. The molecule has 21 heavy (non-hydrogen) atoms. The summed E-state index contributed by atoms with van der Waals surface area (Å²) in [7, 11) is 0. The zero-order valence-corrected chi connectivity index (χ0v) is 12.6. The molecule has 0 aromatic carbocycles. The van der Waals surface area contributed by atoms with E-state index >= 15 is 0 Å². The summed E-state index contributed by atoms with van der Waals surface area (Å²) in [5.74, 6) is 0.601. The minimum atomic E-state index is 0.365. The van der Waals surface area contributed by atoms with Gasteiger partial charge in [0.15, 0.2) is 0 Å². The lowest BCUT2D eigenvalue weighted by atomic mass is 10.1. The quantitative estimate of drug-likeness (QED) is 0.923. The van der Waals surface area contributed by atoms with Crippen LogP contribution in [0.15, 0.2) is 24.5 Å². The molecule has 0 spiro atoms. The van der Waals surface area contributed by atoms with E-state index in [4.69, 9.17) is 10.5 Å². The van der Waals surface area contributed by atoms with Gasteiger partial charge in [-0.05, 0) is 36.9 Å². The second-order valence-corrected chi connectivity index (χ2v) is 6.34. The highest BCUT2D eigenvalue weighted by Gasteiger charge is 2.38. The van der Waals surface area contributed by atoms with E-state index < -0.39 is 0 Å². The van der Waals surface area contributed by atoms with Crippen LogP contribution in [0.1, 0.15) is 19.3 Å². The topological polar surface area (TPSA) is 64.3 Å². The Morgan fingerprint density at radius 2 is 2.33 bits per heavy atom. The molecule has 2 N–H and O–H groups in total. The van der Waals surface area contributed by atoms with Crippen molar-refractivity contribution in [3.8, 4) is 11.1 Å². The lowest BCUT2D eigenvalue weighted by Gasteiger charge is -2.38. The number of fused-ring (bicyclic) bond motifs is 1. The summed E-state index contributed by atoms with van der Waals surface area (Å²) in [6.07, 6.45) is 7.59. The van der Waals surface area contributed by atoms with Gasteiger partial charge in [-0.2, -0.15) is 4.37 Å². The van der Waals surface area contributed by atoms with Crippen LogP contribution in [0.3, 0.4) is 0 Å². The fourth-order valence-corrected chi connectivity index (χ4v) is 4.37. The molecule has 6 heteroatoms. The molecular weight excluding hydrogens is 284 g/mol. The number of rotatable bonds is 2. The van der Waals surface area contributed by atoms with Crippen molar-refractivity contribution in [3.05, 3.63) is 24.5 Å². The maximum Gasteiger partial charge on any atom is 0.147 e. The number of aromatic nitrogens is 2. The Morgan fingerprint density at radius 1 is 1.38 bits per heavy atom. The summed E-state index contributed by atoms with van der Waals surface area (Å²) >= 11 is 1.49. The molecule has 2 atom stereocenters. The van der Waals surface area contributed by atoms with Crippen molar-refractivity contribution in [2.75, 3.05) is 23.8 Å². The van der Waals surface area contributed by atoms with Crippen LogP contribution in [0.2, 0.25) is 0 Å². The first-order valence-electron chi connectivity index (χ1n) is 7.38. The van der Waals surface area contributed by atoms with Gasteiger partial charge in [0, 0.05) is 24.5 Å². The molecule has 2 unspecified atom stereocenters. The van der Waals surface area contributed by atoms with Gasteiger partial charge in [0.25, 0.3) is 0 Å². The first-order chi connectivity index (χ1) is 10.3. The first-order valence-corrected chi connectivity index (χ1v) is 8.16. The number of pyridine rings is 1. The van der Waals surface area contributed by atoms with Crippen LogP contribution >= 0.6 is 11.5 Å². The Balaban J connectivity index is 1.76. The largest absolute Gasteiger partial charge is 0.382 e. The van der Waals surface area contributed by atoms with Crippen molar-refractivity contribution in [2.24, 2.45) is 0 Å². The third-order valence-corrected chi connectivity index (χ3v) is 5.29. The number of anilines is 2. The van der Waals surface area contributed by atoms with Crippen molar-refractivity contribution in [2.45, 2.75) is 31.4 Å². The molecule has 3 heterocycles. The van der Waals surface area contributed by atoms with Gasteiger partial charge in [0.1, 0.15) is 10.8 Å². The van der Waals surface area contributed by atoms with Gasteiger partial charge in [0.2, 0.25) is 0 Å². The highest BCUT2D eigenvalue weighted by atomic mass is 32.1. The predicted molar refractivity (Wildman–Crippen MR) is 84.5 cm³/mol. The maximum atomic E-state index is 6.13. The van der Waals surface area contributed by atoms with E-state index in [0.717, 1.165) is 30.7 Å². The number of nitrogens with zero attached hydrogens (tertiary/aromatic N) is 3. The average Bonchev–Trinajstić information content (AvgIpc) is 3.14. The van der Waals surface area contributed by atoms with E-state index in [2.05, 4.69) is 14.3 Å². The van der Waals surface area contributed by atoms with Gasteiger partial charge in [-0.1, -0.05) is 6.07 Å². The summed E-state index contributed by atoms with van der Waals surface area (Å²) in [5.41, 5.74) is 8.20. The monoisotopic (exact) mass is 302 g/mol. The molecule has 1 saturated heterocycles. The minimum Gasteiger partial charge on any atom is -0.382 e. The molecule has 1 aliphatic heterocycles. The molecule has 0 bridgehead atoms. The normalized spacial score (nSPS) is 25.0. The average molecular weight is 302 g/mol. The summed E-state index contributed by atoms with van der Waals surface area (Å²) < 4.78 is 10.3. The number of nitrogens with two attached hydrogens (primary N) is 1. The van der Waals surface area contributed by atoms with E-state index in [9.17, 15) is 0 Å². The van der Waals surface area contributed by atoms with E-state index in [0.29, 0.717) is 18.0 Å². The Morgan fingerprint density at radius 3 is 3.19 bits per heavy atom. The Bertz CT molecular complexity index is 630. The third-order valence-electron chi connectivity index (χ3n) is 4.39. The fourth-order valence-electron chi connectivity index (χ4n) is 3.45. The second kappa shape index (κ2) is 5.27. The van der Waals surface area contributed by atoms with Gasteiger partial charge in [-0.15, -0.1) is 0 Å². The smallest absolute Gasteiger partial charge is 0.147 e. The van der Waals surface area contributed by atoms with Gasteiger partial charge >= 0.3 is 0 Å². The SMILES string of the molecule is Nc1nsc(N2CCOC3CCCC32)c1-c1cccnc1. The highest BCUT2D eigenvalue weighted by molar-refractivity contribution is 7.11. The maximum absolute atomic E-state index is 6.13. The third kappa shape index (κ3) is 2.18. The number of hydrogen-bond donors (Lipinski definition) is 1. The molecule has 2 fully saturated rings. The van der Waals surface area contributed by atoms with Gasteiger partial charge in [-0.3, -0.25) is 4.98 Å². The molecule has 5 nitrogen and oxygen atoms in total. The van der Waals surface area contributed by atoms with Crippen LogP contribution in [-0.2, 0) is 4.74 Å². The van der Waals surface area contributed by atoms with Crippen molar-refractivity contribution in [1.29, 1.82) is 0 Å². The van der Waals surface area contributed by atoms with Crippen LogP contribution < -0.4 is 10.6 Å². The number of morpholine rings is 1. The molecule has 110 valence electrons. The van der Waals surface area contributed by atoms with Crippen molar-refractivity contribution >= 4 is 22.4 Å². The van der Waals surface area contributed by atoms with Gasteiger partial charge < -0.3 is 15.4 Å². The highest BCUT2D eigenvalue weighted by Crippen LogP contribution is 2.43. The minimum absolute atomic E-state index is 0.365. The zero-order chi connectivity index (χ0) is 14.2. The summed E-state index contributed by atoms with van der Waals surface area (Å²) in [4.78, 5) is 6.67. The molecule has 0 amide bonds. The summed E-state index contributed by atoms with van der Waals surface area (Å²) in [6.45, 7) is 1.70. The second-order valence-electron chi connectivity index (χ2n) is 5.59. The van der Waals surface area contributed by atoms with Crippen molar-refractivity contribution in [1.82, 2.24) is 9.36 Å². The van der Waals surface area contributed by atoms with E-state index in [1.807, 2.05) is 18.3 Å². The number of ether oxygens (including phenoxy) is 1. The van der Waals surface area contributed by atoms with E-state index in [-0.39, 0.29) is 0 Å². The Hall–Kier alpha value is -1.66. The Kier molecular flexibility index (Phi) is 3.27. The molecule has 2 aliphatic rings. The predicted octanol–water partition coefficient (Wildman–Crippen LogP) is 2.55. The van der Waals surface area contributed by atoms with Crippen LogP contribution in [0.4, 0.5) is 10.8 Å². The van der Waals surface area contributed by atoms with E-state index in [1.54, 1.807) is 6.20 Å². The number of nitrogen functional groups attached to an aromatic ring is 1. The summed E-state index contributed by atoms with van der Waals surface area (Å²) in [5, 5.41) is 1.17. The lowest BCUT2D eigenvalue weighted by Crippen LogP contribution is -2.48. The Labute approximate surface area is 127 Å². The van der Waals surface area contributed by atoms with Crippen LogP contribution in [0, 0.1) is 0 Å². The lowest BCUT2D eigenvalue weighted by molar-refractivity contribution is 0.0259. The van der Waals surface area contributed by atoms with Crippen LogP contribution in [0.5, 0.6) is 0 Å². The molecule has 2 aromatic rings. The van der Waals surface area contributed by atoms with Crippen LogP contribution in [-0.4, -0.2) is 34.7 Å². The van der Waals surface area contributed by atoms with Crippen molar-refractivity contribution < 1.29 is 4.74 Å². The molecule has 1 aliphatic carbocycles. The zero-order valence-electron chi connectivity index (χ0n) is 11.7.